The lowest BCUT2D eigenvalue weighted by molar-refractivity contribution is 0.0951. The number of carbonyl (C=O) groups is 1. The lowest BCUT2D eigenvalue weighted by Crippen LogP contribution is -2.22. The van der Waals surface area contributed by atoms with E-state index in [1.54, 1.807) is 10.8 Å². The van der Waals surface area contributed by atoms with E-state index in [2.05, 4.69) is 20.7 Å². The maximum atomic E-state index is 12.6. The van der Waals surface area contributed by atoms with Crippen molar-refractivity contribution in [3.8, 4) is 11.1 Å². The van der Waals surface area contributed by atoms with Gasteiger partial charge in [0.05, 0.1) is 0 Å². The molecule has 186 valence electrons. The Morgan fingerprint density at radius 3 is 2.35 bits per heavy atom. The van der Waals surface area contributed by atoms with Crippen molar-refractivity contribution in [2.24, 2.45) is 0 Å². The zero-order valence-corrected chi connectivity index (χ0v) is 21.7. The number of pyridine rings is 1. The minimum atomic E-state index is -1.03. The number of amides is 1. The van der Waals surface area contributed by atoms with E-state index in [1.165, 1.54) is 5.56 Å². The average Bonchev–Trinajstić information content (AvgIpc) is 3.31. The Labute approximate surface area is 218 Å². The maximum Gasteiger partial charge on any atom is 0.251 e. The van der Waals surface area contributed by atoms with Crippen LogP contribution < -0.4 is 10.6 Å². The van der Waals surface area contributed by atoms with Crippen molar-refractivity contribution < 1.29 is 9.00 Å². The van der Waals surface area contributed by atoms with Gasteiger partial charge >= 0.3 is 0 Å². The van der Waals surface area contributed by atoms with Crippen molar-refractivity contribution in [3.63, 3.8) is 0 Å². The molecule has 37 heavy (non-hydrogen) atoms. The SMILES string of the molecule is Cc1ccc(CNC(=O)c2ccc(-c3ccc4nc(Nc5ccc([S@](C)=O)cc5C)nn4c3)cc2)cc1. The Balaban J connectivity index is 1.28. The predicted octanol–water partition coefficient (Wildman–Crippen LogP) is 5.42. The first kappa shape index (κ1) is 24.4. The number of benzene rings is 3. The number of carbonyl (C=O) groups excluding carboxylic acids is 1. The quantitative estimate of drug-likeness (QED) is 0.306. The first-order valence-corrected chi connectivity index (χ1v) is 13.4. The summed E-state index contributed by atoms with van der Waals surface area (Å²) in [5.41, 5.74) is 7.34. The van der Waals surface area contributed by atoms with Gasteiger partial charge in [-0.05, 0) is 73.0 Å². The molecule has 0 radical (unpaired) electrons. The minimum absolute atomic E-state index is 0.108. The molecule has 0 aliphatic heterocycles. The van der Waals surface area contributed by atoms with Gasteiger partial charge in [0.25, 0.3) is 5.91 Å². The molecule has 0 fully saturated rings. The fourth-order valence-corrected chi connectivity index (χ4v) is 4.59. The molecule has 3 aromatic carbocycles. The van der Waals surface area contributed by atoms with E-state index in [0.29, 0.717) is 23.7 Å². The van der Waals surface area contributed by atoms with Crippen LogP contribution in [0.5, 0.6) is 0 Å². The zero-order chi connectivity index (χ0) is 25.9. The topological polar surface area (TPSA) is 88.4 Å². The maximum absolute atomic E-state index is 12.6. The van der Waals surface area contributed by atoms with Gasteiger partial charge in [0.2, 0.25) is 5.95 Å². The molecule has 2 heterocycles. The number of nitrogens with one attached hydrogen (secondary N) is 2. The average molecular weight is 510 g/mol. The van der Waals surface area contributed by atoms with Gasteiger partial charge in [-0.3, -0.25) is 9.00 Å². The van der Waals surface area contributed by atoms with Crippen LogP contribution in [0.2, 0.25) is 0 Å². The van der Waals surface area contributed by atoms with Crippen LogP contribution in [-0.2, 0) is 17.3 Å². The van der Waals surface area contributed by atoms with Crippen LogP contribution in [0.25, 0.3) is 16.8 Å². The number of nitrogens with zero attached hydrogens (tertiary/aromatic N) is 3. The fourth-order valence-electron chi connectivity index (χ4n) is 3.99. The molecule has 2 N–H and O–H groups in total. The minimum Gasteiger partial charge on any atom is -0.348 e. The molecule has 1 atom stereocenters. The molecule has 0 spiro atoms. The summed E-state index contributed by atoms with van der Waals surface area (Å²) in [7, 11) is -1.03. The largest absolute Gasteiger partial charge is 0.348 e. The van der Waals surface area contributed by atoms with E-state index in [-0.39, 0.29) is 5.91 Å². The highest BCUT2D eigenvalue weighted by Gasteiger charge is 2.10. The van der Waals surface area contributed by atoms with Gasteiger partial charge in [-0.2, -0.15) is 4.98 Å². The van der Waals surface area contributed by atoms with E-state index >= 15 is 0 Å². The van der Waals surface area contributed by atoms with Crippen LogP contribution in [0.3, 0.4) is 0 Å². The third-order valence-corrected chi connectivity index (χ3v) is 7.08. The molecule has 7 nitrogen and oxygen atoms in total. The number of aromatic nitrogens is 3. The molecule has 0 bridgehead atoms. The summed E-state index contributed by atoms with van der Waals surface area (Å²) >= 11 is 0. The van der Waals surface area contributed by atoms with Crippen LogP contribution in [0.4, 0.5) is 11.6 Å². The second kappa shape index (κ2) is 10.4. The molecular formula is C29H27N5O2S. The van der Waals surface area contributed by atoms with Crippen LogP contribution in [0.1, 0.15) is 27.0 Å². The lowest BCUT2D eigenvalue weighted by Gasteiger charge is -2.07. The van der Waals surface area contributed by atoms with Gasteiger partial charge in [0.15, 0.2) is 5.65 Å². The van der Waals surface area contributed by atoms with Crippen LogP contribution >= 0.6 is 0 Å². The Bertz CT molecular complexity index is 1610. The summed E-state index contributed by atoms with van der Waals surface area (Å²) in [5.74, 6) is 0.370. The van der Waals surface area contributed by atoms with Gasteiger partial charge in [-0.1, -0.05) is 42.0 Å². The van der Waals surface area contributed by atoms with Gasteiger partial charge in [0.1, 0.15) is 0 Å². The third kappa shape index (κ3) is 5.59. The van der Waals surface area contributed by atoms with Gasteiger partial charge in [0, 0.05) is 51.5 Å². The zero-order valence-electron chi connectivity index (χ0n) is 20.9. The Hall–Kier alpha value is -4.30. The predicted molar refractivity (Wildman–Crippen MR) is 148 cm³/mol. The monoisotopic (exact) mass is 509 g/mol. The first-order valence-electron chi connectivity index (χ1n) is 11.9. The number of hydrogen-bond acceptors (Lipinski definition) is 5. The molecule has 2 aromatic heterocycles. The van der Waals surface area contributed by atoms with Crippen LogP contribution in [0.15, 0.2) is 90.0 Å². The third-order valence-electron chi connectivity index (χ3n) is 6.16. The van der Waals surface area contributed by atoms with Gasteiger partial charge in [-0.15, -0.1) is 5.10 Å². The summed E-state index contributed by atoms with van der Waals surface area (Å²) in [6.45, 7) is 4.49. The molecule has 5 aromatic rings. The molecule has 0 aliphatic carbocycles. The smallest absolute Gasteiger partial charge is 0.251 e. The number of rotatable bonds is 7. The molecule has 1 amide bonds. The highest BCUT2D eigenvalue weighted by molar-refractivity contribution is 7.84. The second-order valence-electron chi connectivity index (χ2n) is 8.96. The van der Waals surface area contributed by atoms with Crippen molar-refractivity contribution in [3.05, 3.63) is 107 Å². The summed E-state index contributed by atoms with van der Waals surface area (Å²) in [5, 5.41) is 10.8. The molecule has 8 heteroatoms. The van der Waals surface area contributed by atoms with Crippen molar-refractivity contribution in [2.75, 3.05) is 11.6 Å². The summed E-state index contributed by atoms with van der Waals surface area (Å²) < 4.78 is 13.4. The second-order valence-corrected chi connectivity index (χ2v) is 10.3. The van der Waals surface area contributed by atoms with Gasteiger partial charge in [-0.25, -0.2) is 4.52 Å². The van der Waals surface area contributed by atoms with Crippen molar-refractivity contribution in [1.29, 1.82) is 0 Å². The number of aryl methyl sites for hydroxylation is 2. The Morgan fingerprint density at radius 2 is 1.65 bits per heavy atom. The van der Waals surface area contributed by atoms with Crippen LogP contribution in [0, 0.1) is 13.8 Å². The first-order chi connectivity index (χ1) is 17.9. The molecule has 0 saturated heterocycles. The van der Waals surface area contributed by atoms with E-state index < -0.39 is 10.8 Å². The van der Waals surface area contributed by atoms with E-state index in [1.807, 2.05) is 98.9 Å². The molecular weight excluding hydrogens is 482 g/mol. The van der Waals surface area contributed by atoms with E-state index in [0.717, 1.165) is 32.8 Å². The highest BCUT2D eigenvalue weighted by atomic mass is 32.2. The number of hydrogen-bond donors (Lipinski definition) is 2. The number of anilines is 2. The summed E-state index contributed by atoms with van der Waals surface area (Å²) in [6, 6.07) is 25.2. The standard InChI is InChI=1S/C29H27N5O2S/c1-19-4-6-21(7-5-19)17-30-28(35)23-10-8-22(9-11-23)24-12-15-27-32-29(33-34(27)18-24)31-26-14-13-25(37(3)36)16-20(26)2/h4-16,18H,17H2,1-3H3,(H,30,35)(H,31,33)/t37-/m0/s1. The molecule has 0 aliphatic rings. The summed E-state index contributed by atoms with van der Waals surface area (Å²) in [6.07, 6.45) is 3.58. The summed E-state index contributed by atoms with van der Waals surface area (Å²) in [4.78, 5) is 17.9. The fraction of sp³-hybridized carbons (Fsp3) is 0.138. The Morgan fingerprint density at radius 1 is 0.919 bits per heavy atom. The van der Waals surface area contributed by atoms with Crippen molar-refractivity contribution in [1.82, 2.24) is 19.9 Å². The Kier molecular flexibility index (Phi) is 6.83. The van der Waals surface area contributed by atoms with Crippen LogP contribution in [-0.4, -0.2) is 31.0 Å². The molecule has 0 unspecified atom stereocenters. The highest BCUT2D eigenvalue weighted by Crippen LogP contribution is 2.24. The molecule has 5 rings (SSSR count). The van der Waals surface area contributed by atoms with Gasteiger partial charge < -0.3 is 10.6 Å². The van der Waals surface area contributed by atoms with E-state index in [4.69, 9.17) is 0 Å². The molecule has 0 saturated carbocycles. The lowest BCUT2D eigenvalue weighted by atomic mass is 10.1. The number of fused-ring (bicyclic) bond motifs is 1. The van der Waals surface area contributed by atoms with E-state index in [9.17, 15) is 9.00 Å². The van der Waals surface area contributed by atoms with Crippen molar-refractivity contribution >= 4 is 34.0 Å². The van der Waals surface area contributed by atoms with Crippen molar-refractivity contribution in [2.45, 2.75) is 25.3 Å². The normalized spacial score (nSPS) is 11.9.